The van der Waals surface area contributed by atoms with Crippen molar-refractivity contribution in [2.24, 2.45) is 0 Å². The van der Waals surface area contributed by atoms with Crippen LogP contribution in [-0.4, -0.2) is 50.8 Å². The molecule has 1 rings (SSSR count). The number of hydrogen-bond donors (Lipinski definition) is 0. The van der Waals surface area contributed by atoms with E-state index >= 15 is 0 Å². The molecule has 0 heterocycles. The Kier molecular flexibility index (Phi) is 8.62. The van der Waals surface area contributed by atoms with Crippen molar-refractivity contribution in [3.05, 3.63) is 41.0 Å². The summed E-state index contributed by atoms with van der Waals surface area (Å²) in [6.45, 7) is 3.88. The first-order valence-electron chi connectivity index (χ1n) is 5.85. The van der Waals surface area contributed by atoms with E-state index in [4.69, 9.17) is 4.74 Å². The first-order chi connectivity index (χ1) is 8.95. The molecule has 0 aromatic heterocycles. The summed E-state index contributed by atoms with van der Waals surface area (Å²) in [5.41, 5.74) is 1.92. The van der Waals surface area contributed by atoms with Crippen LogP contribution in [0.1, 0.15) is 25.0 Å². The van der Waals surface area contributed by atoms with Crippen LogP contribution >= 0.6 is 0 Å². The van der Waals surface area contributed by atoms with E-state index in [-0.39, 0.29) is 43.5 Å². The number of rotatable bonds is 5. The number of benzene rings is 1. The van der Waals surface area contributed by atoms with Crippen molar-refractivity contribution in [1.29, 1.82) is 0 Å². The zero-order valence-corrected chi connectivity index (χ0v) is 14.1. The fraction of sp³-hybridized carbons (Fsp3) is 0.267. The molecule has 0 radical (unpaired) electrons. The Hall–Kier alpha value is -0.970. The fourth-order valence-corrected chi connectivity index (χ4v) is 1.61. The molecule has 1 aromatic rings. The maximum atomic E-state index is 12.2. The molecular formula is C15H16CaO4. The molecule has 0 unspecified atom stereocenters. The molecule has 0 fully saturated rings. The predicted octanol–water partition coefficient (Wildman–Crippen LogP) is 0.660. The SMILES string of the molecule is COc1ccc(/C=C/C(=O)[O-])c([O-])c1CC=C(C)C.[Ca+2]. The molecule has 0 bridgehead atoms. The van der Waals surface area contributed by atoms with Crippen LogP contribution in [0, 0.1) is 0 Å². The third kappa shape index (κ3) is 5.57. The minimum Gasteiger partial charge on any atom is -0.872 e. The molecule has 0 aliphatic rings. The maximum absolute atomic E-state index is 12.2. The monoisotopic (exact) mass is 300 g/mol. The number of allylic oxidation sites excluding steroid dienone is 2. The Bertz CT molecular complexity index is 529. The van der Waals surface area contributed by atoms with Crippen molar-refractivity contribution in [2.45, 2.75) is 20.3 Å². The Labute approximate surface area is 148 Å². The van der Waals surface area contributed by atoms with Gasteiger partial charge in [-0.3, -0.25) is 0 Å². The third-order valence-electron chi connectivity index (χ3n) is 2.58. The molecular weight excluding hydrogens is 284 g/mol. The zero-order chi connectivity index (χ0) is 14.4. The van der Waals surface area contributed by atoms with E-state index in [2.05, 4.69) is 0 Å². The molecule has 0 spiro atoms. The molecule has 0 saturated heterocycles. The number of hydrogen-bond acceptors (Lipinski definition) is 4. The maximum Gasteiger partial charge on any atom is 2.00 e. The van der Waals surface area contributed by atoms with Crippen LogP contribution in [0.25, 0.3) is 6.08 Å². The topological polar surface area (TPSA) is 72.4 Å². The van der Waals surface area contributed by atoms with Crippen molar-refractivity contribution < 1.29 is 19.7 Å². The molecule has 4 nitrogen and oxygen atoms in total. The summed E-state index contributed by atoms with van der Waals surface area (Å²) in [6, 6.07) is 3.19. The standard InChI is InChI=1S/C15H18O4.Ca/c1-10(2)4-7-12-13(19-3)8-5-11(15(12)18)6-9-14(16)17;/h4-6,8-9,18H,7H2,1-3H3,(H,16,17);/q;+2/p-2/b9-6+;. The molecule has 102 valence electrons. The summed E-state index contributed by atoms with van der Waals surface area (Å²) in [4.78, 5) is 10.4. The van der Waals surface area contributed by atoms with Crippen LogP contribution in [0.4, 0.5) is 0 Å². The van der Waals surface area contributed by atoms with Gasteiger partial charge in [0.1, 0.15) is 5.75 Å². The Morgan fingerprint density at radius 3 is 2.50 bits per heavy atom. The summed E-state index contributed by atoms with van der Waals surface area (Å²) < 4.78 is 5.16. The van der Waals surface area contributed by atoms with Crippen molar-refractivity contribution in [1.82, 2.24) is 0 Å². The summed E-state index contributed by atoms with van der Waals surface area (Å²) in [6.07, 6.45) is 4.46. The van der Waals surface area contributed by atoms with Crippen LogP contribution in [0.5, 0.6) is 11.5 Å². The van der Waals surface area contributed by atoms with Crippen molar-refractivity contribution >= 4 is 49.8 Å². The van der Waals surface area contributed by atoms with E-state index in [9.17, 15) is 15.0 Å². The quantitative estimate of drug-likeness (QED) is 0.455. The average molecular weight is 300 g/mol. The van der Waals surface area contributed by atoms with Gasteiger partial charge in [-0.15, -0.1) is 0 Å². The van der Waals surface area contributed by atoms with E-state index in [0.717, 1.165) is 11.6 Å². The largest absolute Gasteiger partial charge is 2.00 e. The summed E-state index contributed by atoms with van der Waals surface area (Å²) in [5.74, 6) is -1.05. The number of carbonyl (C=O) groups is 1. The van der Waals surface area contributed by atoms with Crippen molar-refractivity contribution in [3.8, 4) is 11.5 Å². The minimum absolute atomic E-state index is 0. The van der Waals surface area contributed by atoms with E-state index in [1.165, 1.54) is 19.3 Å². The van der Waals surface area contributed by atoms with E-state index in [1.54, 1.807) is 6.07 Å². The molecule has 1 aromatic carbocycles. The van der Waals surface area contributed by atoms with Crippen LogP contribution in [0.3, 0.4) is 0 Å². The molecule has 0 aliphatic heterocycles. The van der Waals surface area contributed by atoms with E-state index < -0.39 is 5.97 Å². The molecule has 0 amide bonds. The number of carbonyl (C=O) groups excluding carboxylic acids is 1. The normalized spacial score (nSPS) is 9.95. The summed E-state index contributed by atoms with van der Waals surface area (Å²) >= 11 is 0. The van der Waals surface area contributed by atoms with Gasteiger partial charge in [-0.1, -0.05) is 29.5 Å². The van der Waals surface area contributed by atoms with Gasteiger partial charge in [0.25, 0.3) is 0 Å². The van der Waals surface area contributed by atoms with Crippen LogP contribution in [-0.2, 0) is 11.2 Å². The third-order valence-corrected chi connectivity index (χ3v) is 2.58. The number of ether oxygens (including phenoxy) is 1. The van der Waals surface area contributed by atoms with Crippen LogP contribution < -0.4 is 14.9 Å². The average Bonchev–Trinajstić information content (AvgIpc) is 2.35. The van der Waals surface area contributed by atoms with Gasteiger partial charge in [-0.25, -0.2) is 0 Å². The van der Waals surface area contributed by atoms with Crippen molar-refractivity contribution in [2.75, 3.05) is 7.11 Å². The molecule has 20 heavy (non-hydrogen) atoms. The first-order valence-corrected chi connectivity index (χ1v) is 5.85. The van der Waals surface area contributed by atoms with Crippen molar-refractivity contribution in [3.63, 3.8) is 0 Å². The van der Waals surface area contributed by atoms with Gasteiger partial charge in [0.05, 0.1) is 13.1 Å². The second-order valence-corrected chi connectivity index (χ2v) is 4.30. The second kappa shape index (κ2) is 9.06. The molecule has 0 aliphatic carbocycles. The number of carboxylic acid groups (broad SMARTS) is 1. The van der Waals surface area contributed by atoms with E-state index in [0.29, 0.717) is 23.3 Å². The van der Waals surface area contributed by atoms with Gasteiger partial charge in [0, 0.05) is 0 Å². The predicted molar refractivity (Wildman–Crippen MR) is 75.4 cm³/mol. The van der Waals surface area contributed by atoms with Crippen LogP contribution in [0.15, 0.2) is 29.9 Å². The fourth-order valence-electron chi connectivity index (χ4n) is 1.61. The minimum atomic E-state index is -1.33. The molecule has 0 saturated carbocycles. The molecule has 5 heteroatoms. The van der Waals surface area contributed by atoms with Gasteiger partial charge < -0.3 is 19.7 Å². The number of carboxylic acids is 1. The Morgan fingerprint density at radius 2 is 2.00 bits per heavy atom. The Balaban J connectivity index is 0.00000361. The van der Waals surface area contributed by atoms with Gasteiger partial charge in [-0.05, 0) is 43.5 Å². The van der Waals surface area contributed by atoms with Gasteiger partial charge >= 0.3 is 37.7 Å². The summed E-state index contributed by atoms with van der Waals surface area (Å²) in [7, 11) is 1.50. The zero-order valence-electron chi connectivity index (χ0n) is 11.9. The first kappa shape index (κ1) is 19.0. The second-order valence-electron chi connectivity index (χ2n) is 4.30. The molecule has 0 atom stereocenters. The van der Waals surface area contributed by atoms with Gasteiger partial charge in [0.2, 0.25) is 0 Å². The van der Waals surface area contributed by atoms with E-state index in [1.807, 2.05) is 19.9 Å². The van der Waals surface area contributed by atoms with Gasteiger partial charge in [0.15, 0.2) is 0 Å². The summed E-state index contributed by atoms with van der Waals surface area (Å²) in [5, 5.41) is 22.6. The van der Waals surface area contributed by atoms with Gasteiger partial charge in [-0.2, -0.15) is 0 Å². The smallest absolute Gasteiger partial charge is 0.872 e. The molecule has 0 N–H and O–H groups in total. The number of methoxy groups -OCH3 is 1. The Morgan fingerprint density at radius 1 is 1.35 bits per heavy atom. The number of aliphatic carboxylic acids is 1. The van der Waals surface area contributed by atoms with Crippen LogP contribution in [0.2, 0.25) is 0 Å².